The highest BCUT2D eigenvalue weighted by Crippen LogP contribution is 2.02. The van der Waals surface area contributed by atoms with Crippen LogP contribution in [0.5, 0.6) is 0 Å². The molecule has 1 heterocycles. The van der Waals surface area contributed by atoms with E-state index in [4.69, 9.17) is 0 Å². The van der Waals surface area contributed by atoms with E-state index in [1.807, 2.05) is 0 Å². The Morgan fingerprint density at radius 3 is 2.53 bits per heavy atom. The van der Waals surface area contributed by atoms with Crippen LogP contribution in [0.2, 0.25) is 0 Å². The maximum Gasteiger partial charge on any atom is 0.273 e. The van der Waals surface area contributed by atoms with Crippen LogP contribution in [-0.2, 0) is 6.54 Å². The molecule has 0 aliphatic carbocycles. The molecule has 0 atom stereocenters. The van der Waals surface area contributed by atoms with E-state index in [9.17, 15) is 9.59 Å². The number of fused-ring (bicyclic) bond motifs is 1. The van der Waals surface area contributed by atoms with Gasteiger partial charge in [-0.25, -0.2) is 4.68 Å². The molecule has 1 N–H and O–H groups in total. The van der Waals surface area contributed by atoms with Gasteiger partial charge in [0.1, 0.15) is 0 Å². The fraction of sp³-hybridized carbons (Fsp3) is 0.200. The molecule has 1 aromatic carbocycles. The SMILES string of the molecule is O=c1[nH]n(CCBr)c(=O)c2ccccc12. The first-order chi connectivity index (χ1) is 7.24. The molecule has 0 radical (unpaired) electrons. The maximum atomic E-state index is 11.8. The van der Waals surface area contributed by atoms with Crippen LogP contribution in [0.25, 0.3) is 10.8 Å². The first-order valence-electron chi connectivity index (χ1n) is 4.52. The summed E-state index contributed by atoms with van der Waals surface area (Å²) in [7, 11) is 0. The summed E-state index contributed by atoms with van der Waals surface area (Å²) in [6, 6.07) is 6.80. The Morgan fingerprint density at radius 1 is 1.20 bits per heavy atom. The van der Waals surface area contributed by atoms with E-state index < -0.39 is 0 Å². The van der Waals surface area contributed by atoms with Gasteiger partial charge in [-0.05, 0) is 12.1 Å². The smallest absolute Gasteiger partial charge is 0.267 e. The molecule has 5 heteroatoms. The van der Waals surface area contributed by atoms with Gasteiger partial charge in [-0.1, -0.05) is 28.1 Å². The van der Waals surface area contributed by atoms with Gasteiger partial charge in [-0.2, -0.15) is 0 Å². The van der Waals surface area contributed by atoms with Crippen LogP contribution in [0.15, 0.2) is 33.9 Å². The number of benzene rings is 1. The molecule has 0 amide bonds. The predicted octanol–water partition coefficient (Wildman–Crippen LogP) is 1.08. The summed E-state index contributed by atoms with van der Waals surface area (Å²) in [5.74, 6) is 0. The van der Waals surface area contributed by atoms with E-state index in [0.717, 1.165) is 0 Å². The van der Waals surface area contributed by atoms with Crippen molar-refractivity contribution in [3.05, 3.63) is 45.0 Å². The van der Waals surface area contributed by atoms with Crippen LogP contribution >= 0.6 is 15.9 Å². The molecule has 78 valence electrons. The van der Waals surface area contributed by atoms with Gasteiger partial charge in [-0.3, -0.25) is 14.7 Å². The number of halogens is 1. The Kier molecular flexibility index (Phi) is 2.73. The Balaban J connectivity index is 2.85. The molecular formula is C10H9BrN2O2. The molecule has 0 aliphatic heterocycles. The van der Waals surface area contributed by atoms with Crippen molar-refractivity contribution < 1.29 is 0 Å². The lowest BCUT2D eigenvalue weighted by atomic mass is 10.2. The Bertz CT molecular complexity index is 600. The number of aromatic amines is 1. The van der Waals surface area contributed by atoms with Crippen molar-refractivity contribution in [3.8, 4) is 0 Å². The predicted molar refractivity (Wildman–Crippen MR) is 62.6 cm³/mol. The molecule has 2 rings (SSSR count). The molecular weight excluding hydrogens is 260 g/mol. The third-order valence-electron chi connectivity index (χ3n) is 2.19. The van der Waals surface area contributed by atoms with Gasteiger partial charge in [0.05, 0.1) is 17.3 Å². The fourth-order valence-electron chi connectivity index (χ4n) is 1.49. The van der Waals surface area contributed by atoms with Crippen molar-refractivity contribution in [2.45, 2.75) is 6.54 Å². The van der Waals surface area contributed by atoms with Crippen LogP contribution in [0, 0.1) is 0 Å². The lowest BCUT2D eigenvalue weighted by molar-refractivity contribution is 0.621. The van der Waals surface area contributed by atoms with Gasteiger partial charge >= 0.3 is 0 Å². The van der Waals surface area contributed by atoms with E-state index >= 15 is 0 Å². The second kappa shape index (κ2) is 4.02. The largest absolute Gasteiger partial charge is 0.273 e. The first kappa shape index (κ1) is 10.2. The number of aryl methyl sites for hydroxylation is 1. The van der Waals surface area contributed by atoms with Gasteiger partial charge in [-0.15, -0.1) is 0 Å². The highest BCUT2D eigenvalue weighted by Gasteiger charge is 2.04. The van der Waals surface area contributed by atoms with Crippen LogP contribution in [-0.4, -0.2) is 15.1 Å². The molecule has 0 saturated carbocycles. The Morgan fingerprint density at radius 2 is 1.87 bits per heavy atom. The summed E-state index contributed by atoms with van der Waals surface area (Å²) in [6.45, 7) is 0.457. The maximum absolute atomic E-state index is 11.8. The van der Waals surface area contributed by atoms with Crippen molar-refractivity contribution in [1.82, 2.24) is 9.78 Å². The minimum absolute atomic E-state index is 0.162. The third kappa shape index (κ3) is 1.74. The van der Waals surface area contributed by atoms with Crippen molar-refractivity contribution in [3.63, 3.8) is 0 Å². The third-order valence-corrected chi connectivity index (χ3v) is 2.55. The molecule has 4 nitrogen and oxygen atoms in total. The number of nitrogens with zero attached hydrogens (tertiary/aromatic N) is 1. The standard InChI is InChI=1S/C10H9BrN2O2/c11-5-6-13-10(15)8-4-2-1-3-7(8)9(14)12-13/h1-4H,5-6H2,(H,12,14). The molecule has 0 bridgehead atoms. The molecule has 0 spiro atoms. The second-order valence-corrected chi connectivity index (χ2v) is 3.93. The molecule has 15 heavy (non-hydrogen) atoms. The second-order valence-electron chi connectivity index (χ2n) is 3.13. The zero-order chi connectivity index (χ0) is 10.8. The van der Waals surface area contributed by atoms with Crippen molar-refractivity contribution in [2.75, 3.05) is 5.33 Å². The molecule has 2 aromatic rings. The first-order valence-corrected chi connectivity index (χ1v) is 5.64. The Hall–Kier alpha value is -1.36. The molecule has 1 aromatic heterocycles. The van der Waals surface area contributed by atoms with E-state index in [1.165, 1.54) is 4.68 Å². The number of rotatable bonds is 2. The number of nitrogens with one attached hydrogen (secondary N) is 1. The highest BCUT2D eigenvalue weighted by atomic mass is 79.9. The van der Waals surface area contributed by atoms with Crippen molar-refractivity contribution >= 4 is 26.7 Å². The van der Waals surface area contributed by atoms with Crippen LogP contribution in [0.3, 0.4) is 0 Å². The minimum atomic E-state index is -0.230. The quantitative estimate of drug-likeness (QED) is 0.829. The van der Waals surface area contributed by atoms with Gasteiger partial charge in [0.25, 0.3) is 11.1 Å². The summed E-state index contributed by atoms with van der Waals surface area (Å²) < 4.78 is 1.32. The van der Waals surface area contributed by atoms with E-state index in [1.54, 1.807) is 24.3 Å². The number of hydrogen-bond donors (Lipinski definition) is 1. The molecule has 0 saturated heterocycles. The minimum Gasteiger partial charge on any atom is -0.267 e. The summed E-state index contributed by atoms with van der Waals surface area (Å²) in [4.78, 5) is 23.4. The molecule has 0 fully saturated rings. The summed E-state index contributed by atoms with van der Waals surface area (Å²) in [5, 5.41) is 4.06. The normalized spacial score (nSPS) is 10.7. The monoisotopic (exact) mass is 268 g/mol. The number of alkyl halides is 1. The average Bonchev–Trinajstić information content (AvgIpc) is 2.26. The summed E-state index contributed by atoms with van der Waals surface area (Å²) in [6.07, 6.45) is 0. The number of aromatic nitrogens is 2. The molecule has 0 aliphatic rings. The lowest BCUT2D eigenvalue weighted by Crippen LogP contribution is -2.30. The van der Waals surface area contributed by atoms with Crippen molar-refractivity contribution in [1.29, 1.82) is 0 Å². The number of H-pyrrole nitrogens is 1. The highest BCUT2D eigenvalue weighted by molar-refractivity contribution is 9.09. The van der Waals surface area contributed by atoms with E-state index in [-0.39, 0.29) is 11.1 Å². The van der Waals surface area contributed by atoms with Gasteiger partial charge in [0, 0.05) is 5.33 Å². The summed E-state index contributed by atoms with van der Waals surface area (Å²) in [5.41, 5.74) is -0.393. The Labute approximate surface area is 93.7 Å². The zero-order valence-electron chi connectivity index (χ0n) is 7.87. The zero-order valence-corrected chi connectivity index (χ0v) is 9.45. The topological polar surface area (TPSA) is 54.9 Å². The average molecular weight is 269 g/mol. The lowest BCUT2D eigenvalue weighted by Gasteiger charge is -2.04. The van der Waals surface area contributed by atoms with Crippen LogP contribution < -0.4 is 11.1 Å². The summed E-state index contributed by atoms with van der Waals surface area (Å²) >= 11 is 3.23. The van der Waals surface area contributed by atoms with Crippen LogP contribution in [0.4, 0.5) is 0 Å². The molecule has 0 unspecified atom stereocenters. The van der Waals surface area contributed by atoms with E-state index in [0.29, 0.717) is 22.6 Å². The van der Waals surface area contributed by atoms with E-state index in [2.05, 4.69) is 21.0 Å². The van der Waals surface area contributed by atoms with Gasteiger partial charge in [0.2, 0.25) is 0 Å². The van der Waals surface area contributed by atoms with Crippen LogP contribution in [0.1, 0.15) is 0 Å². The van der Waals surface area contributed by atoms with Gasteiger partial charge in [0.15, 0.2) is 0 Å². The number of hydrogen-bond acceptors (Lipinski definition) is 2. The fourth-order valence-corrected chi connectivity index (χ4v) is 1.84. The van der Waals surface area contributed by atoms with Crippen molar-refractivity contribution in [2.24, 2.45) is 0 Å². The van der Waals surface area contributed by atoms with Gasteiger partial charge < -0.3 is 0 Å².